The van der Waals surface area contributed by atoms with Gasteiger partial charge in [-0.15, -0.1) is 10.2 Å². The van der Waals surface area contributed by atoms with E-state index in [1.54, 1.807) is 11.6 Å². The zero-order valence-electron chi connectivity index (χ0n) is 15.2. The summed E-state index contributed by atoms with van der Waals surface area (Å²) in [5, 5.41) is 22.3. The smallest absolute Gasteiger partial charge is 0.256 e. The maximum absolute atomic E-state index is 11.9. The van der Waals surface area contributed by atoms with E-state index in [0.717, 1.165) is 17.0 Å². The molecular formula is C17H21N7O2. The number of nitrogens with zero attached hydrogens (tertiary/aromatic N) is 5. The van der Waals surface area contributed by atoms with Crippen LogP contribution in [0.2, 0.25) is 0 Å². The Morgan fingerprint density at radius 3 is 2.54 bits per heavy atom. The van der Waals surface area contributed by atoms with Gasteiger partial charge in [0.05, 0.1) is 11.9 Å². The number of carbonyl (C=O) groups excluding carboxylic acids is 1. The summed E-state index contributed by atoms with van der Waals surface area (Å²) in [7, 11) is 0. The Labute approximate surface area is 150 Å². The fraction of sp³-hybridized carbons (Fsp3) is 0.353. The fourth-order valence-electron chi connectivity index (χ4n) is 2.45. The van der Waals surface area contributed by atoms with Crippen LogP contribution in [0.15, 0.2) is 22.9 Å². The molecule has 26 heavy (non-hydrogen) atoms. The highest BCUT2D eigenvalue weighted by atomic mass is 16.5. The van der Waals surface area contributed by atoms with E-state index < -0.39 is 0 Å². The topological polar surface area (TPSA) is 111 Å². The summed E-state index contributed by atoms with van der Waals surface area (Å²) in [6, 6.07) is 3.69. The third-order valence-electron chi connectivity index (χ3n) is 4.23. The van der Waals surface area contributed by atoms with E-state index in [1.807, 2.05) is 32.9 Å². The normalized spacial score (nSPS) is 10.8. The minimum atomic E-state index is -0.216. The van der Waals surface area contributed by atoms with Gasteiger partial charge in [-0.25, -0.2) is 4.68 Å². The molecule has 3 aromatic rings. The van der Waals surface area contributed by atoms with E-state index in [2.05, 4.69) is 31.1 Å². The van der Waals surface area contributed by atoms with Gasteiger partial charge in [-0.05, 0) is 45.4 Å². The van der Waals surface area contributed by atoms with Crippen molar-refractivity contribution in [3.05, 3.63) is 46.6 Å². The minimum absolute atomic E-state index is 0.216. The van der Waals surface area contributed by atoms with Crippen molar-refractivity contribution in [1.29, 1.82) is 0 Å². The summed E-state index contributed by atoms with van der Waals surface area (Å²) in [5.74, 6) is 1.58. The highest BCUT2D eigenvalue weighted by Crippen LogP contribution is 2.15. The van der Waals surface area contributed by atoms with Crippen LogP contribution in [0.5, 0.6) is 0 Å². The minimum Gasteiger partial charge on any atom is -0.367 e. The summed E-state index contributed by atoms with van der Waals surface area (Å²) in [4.78, 5) is 11.9. The Bertz CT molecular complexity index is 912. The molecule has 1 amide bonds. The van der Waals surface area contributed by atoms with Gasteiger partial charge in [-0.1, -0.05) is 5.16 Å². The molecular weight excluding hydrogens is 334 g/mol. The number of amides is 1. The summed E-state index contributed by atoms with van der Waals surface area (Å²) >= 11 is 0. The SMILES string of the molecule is Cc1nn(-c2ccc(NCCNC(=O)c3cnoc3C)nn2)c(C)c1C. The van der Waals surface area contributed by atoms with Crippen molar-refractivity contribution in [1.82, 2.24) is 30.5 Å². The molecule has 0 aliphatic rings. The molecule has 0 saturated heterocycles. The van der Waals surface area contributed by atoms with Gasteiger partial charge in [-0.3, -0.25) is 4.79 Å². The third kappa shape index (κ3) is 3.56. The standard InChI is InChI=1S/C17H21N7O2/c1-10-11(2)23-24(12(10)3)16-6-5-15(21-22-16)18-7-8-19-17(25)14-9-20-26-13(14)4/h5-6,9H,7-8H2,1-4H3,(H,18,21)(H,19,25). The first-order chi connectivity index (χ1) is 12.5. The van der Waals surface area contributed by atoms with Crippen LogP contribution in [0.4, 0.5) is 5.82 Å². The van der Waals surface area contributed by atoms with Crippen LogP contribution in [0.3, 0.4) is 0 Å². The molecule has 0 bridgehead atoms. The van der Waals surface area contributed by atoms with Crippen LogP contribution in [-0.4, -0.2) is 44.1 Å². The maximum atomic E-state index is 11.9. The lowest BCUT2D eigenvalue weighted by Gasteiger charge is -2.07. The van der Waals surface area contributed by atoms with Gasteiger partial charge in [-0.2, -0.15) is 5.10 Å². The highest BCUT2D eigenvalue weighted by Gasteiger charge is 2.12. The molecule has 0 fully saturated rings. The van der Waals surface area contributed by atoms with E-state index >= 15 is 0 Å². The van der Waals surface area contributed by atoms with E-state index in [1.165, 1.54) is 6.20 Å². The second kappa shape index (κ2) is 7.34. The Kier molecular flexibility index (Phi) is 4.97. The lowest BCUT2D eigenvalue weighted by molar-refractivity contribution is 0.0953. The molecule has 9 nitrogen and oxygen atoms in total. The largest absolute Gasteiger partial charge is 0.367 e. The quantitative estimate of drug-likeness (QED) is 0.648. The number of rotatable bonds is 6. The predicted molar refractivity (Wildman–Crippen MR) is 95.4 cm³/mol. The van der Waals surface area contributed by atoms with E-state index in [9.17, 15) is 4.79 Å². The molecule has 2 N–H and O–H groups in total. The fourth-order valence-corrected chi connectivity index (χ4v) is 2.45. The molecule has 0 radical (unpaired) electrons. The van der Waals surface area contributed by atoms with Crippen molar-refractivity contribution in [2.24, 2.45) is 0 Å². The second-order valence-corrected chi connectivity index (χ2v) is 5.96. The number of hydrogen-bond acceptors (Lipinski definition) is 7. The van der Waals surface area contributed by atoms with Crippen LogP contribution in [0.1, 0.15) is 33.1 Å². The number of hydrogen-bond donors (Lipinski definition) is 2. The molecule has 3 aromatic heterocycles. The van der Waals surface area contributed by atoms with Crippen LogP contribution >= 0.6 is 0 Å². The molecule has 0 saturated carbocycles. The zero-order valence-corrected chi connectivity index (χ0v) is 15.2. The number of carbonyl (C=O) groups is 1. The number of aromatic nitrogens is 5. The Morgan fingerprint density at radius 1 is 1.15 bits per heavy atom. The molecule has 0 spiro atoms. The number of nitrogens with one attached hydrogen (secondary N) is 2. The van der Waals surface area contributed by atoms with Crippen LogP contribution in [0, 0.1) is 27.7 Å². The van der Waals surface area contributed by atoms with E-state index in [4.69, 9.17) is 4.52 Å². The van der Waals surface area contributed by atoms with Gasteiger partial charge in [0, 0.05) is 18.8 Å². The van der Waals surface area contributed by atoms with E-state index in [0.29, 0.717) is 36.0 Å². The maximum Gasteiger partial charge on any atom is 0.256 e. The van der Waals surface area contributed by atoms with Gasteiger partial charge in [0.25, 0.3) is 5.91 Å². The zero-order chi connectivity index (χ0) is 18.7. The first-order valence-electron chi connectivity index (χ1n) is 8.27. The van der Waals surface area contributed by atoms with Gasteiger partial charge >= 0.3 is 0 Å². The number of aryl methyl sites for hydroxylation is 2. The lowest BCUT2D eigenvalue weighted by atomic mass is 10.2. The Morgan fingerprint density at radius 2 is 1.96 bits per heavy atom. The predicted octanol–water partition coefficient (Wildman–Crippen LogP) is 1.73. The molecule has 0 aliphatic heterocycles. The van der Waals surface area contributed by atoms with Crippen LogP contribution in [-0.2, 0) is 0 Å². The highest BCUT2D eigenvalue weighted by molar-refractivity contribution is 5.94. The molecule has 0 aliphatic carbocycles. The van der Waals surface area contributed by atoms with Crippen molar-refractivity contribution in [3.8, 4) is 5.82 Å². The summed E-state index contributed by atoms with van der Waals surface area (Å²) < 4.78 is 6.66. The van der Waals surface area contributed by atoms with Crippen molar-refractivity contribution in [3.63, 3.8) is 0 Å². The second-order valence-electron chi connectivity index (χ2n) is 5.96. The van der Waals surface area contributed by atoms with Crippen molar-refractivity contribution in [2.75, 3.05) is 18.4 Å². The molecule has 3 rings (SSSR count). The third-order valence-corrected chi connectivity index (χ3v) is 4.23. The average molecular weight is 355 g/mol. The number of anilines is 1. The molecule has 0 aromatic carbocycles. The van der Waals surface area contributed by atoms with Gasteiger partial charge in [0.1, 0.15) is 17.1 Å². The monoisotopic (exact) mass is 355 g/mol. The van der Waals surface area contributed by atoms with Crippen LogP contribution in [0.25, 0.3) is 5.82 Å². The van der Waals surface area contributed by atoms with E-state index in [-0.39, 0.29) is 5.91 Å². The molecule has 9 heteroatoms. The summed E-state index contributed by atoms with van der Waals surface area (Å²) in [6.45, 7) is 8.65. The lowest BCUT2D eigenvalue weighted by Crippen LogP contribution is -2.29. The Balaban J connectivity index is 1.53. The first-order valence-corrected chi connectivity index (χ1v) is 8.27. The van der Waals surface area contributed by atoms with Crippen LogP contribution < -0.4 is 10.6 Å². The summed E-state index contributed by atoms with van der Waals surface area (Å²) in [5.41, 5.74) is 3.61. The van der Waals surface area contributed by atoms with Crippen molar-refractivity contribution >= 4 is 11.7 Å². The molecule has 3 heterocycles. The average Bonchev–Trinajstić information content (AvgIpc) is 3.18. The van der Waals surface area contributed by atoms with Crippen molar-refractivity contribution in [2.45, 2.75) is 27.7 Å². The van der Waals surface area contributed by atoms with Gasteiger partial charge < -0.3 is 15.2 Å². The van der Waals surface area contributed by atoms with Gasteiger partial charge in [0.15, 0.2) is 5.82 Å². The molecule has 0 atom stereocenters. The molecule has 0 unspecified atom stereocenters. The summed E-state index contributed by atoms with van der Waals surface area (Å²) in [6.07, 6.45) is 1.41. The van der Waals surface area contributed by atoms with Crippen molar-refractivity contribution < 1.29 is 9.32 Å². The van der Waals surface area contributed by atoms with Gasteiger partial charge in [0.2, 0.25) is 0 Å². The first kappa shape index (κ1) is 17.6. The Hall–Kier alpha value is -3.23. The molecule has 136 valence electrons.